The fourth-order valence-corrected chi connectivity index (χ4v) is 4.93. The van der Waals surface area contributed by atoms with Crippen LogP contribution in [0, 0.1) is 6.92 Å². The molecular weight excluding hydrogens is 490 g/mol. The van der Waals surface area contributed by atoms with Gasteiger partial charge in [0.25, 0.3) is 21.8 Å². The molecule has 1 heterocycles. The summed E-state index contributed by atoms with van der Waals surface area (Å²) in [5, 5.41) is 2.82. The van der Waals surface area contributed by atoms with Crippen molar-refractivity contribution in [1.29, 1.82) is 0 Å². The number of rotatable bonds is 6. The lowest BCUT2D eigenvalue weighted by atomic mass is 10.1. The molecule has 0 radical (unpaired) electrons. The normalized spacial score (nSPS) is 13.8. The first-order chi connectivity index (χ1) is 16.7. The Labute approximate surface area is 208 Å². The highest BCUT2D eigenvalue weighted by molar-refractivity contribution is 7.92. The topological polar surface area (TPSA) is 105 Å². The number of nitrogens with zero attached hydrogens (tertiary/aromatic N) is 1. The van der Waals surface area contributed by atoms with Crippen LogP contribution in [0.2, 0.25) is 5.02 Å². The van der Waals surface area contributed by atoms with Crippen LogP contribution in [0.4, 0.5) is 11.4 Å². The maximum absolute atomic E-state index is 12.9. The summed E-state index contributed by atoms with van der Waals surface area (Å²) >= 11 is 6.30. The molecule has 2 N–H and O–H groups in total. The van der Waals surface area contributed by atoms with Crippen LogP contribution in [0.5, 0.6) is 0 Å². The number of morpholine rings is 1. The van der Waals surface area contributed by atoms with Crippen molar-refractivity contribution in [3.8, 4) is 0 Å². The third kappa shape index (κ3) is 5.82. The number of nitrogens with one attached hydrogen (secondary N) is 2. The van der Waals surface area contributed by atoms with Gasteiger partial charge in [-0.2, -0.15) is 0 Å². The molecule has 0 aliphatic carbocycles. The van der Waals surface area contributed by atoms with Crippen LogP contribution in [0.25, 0.3) is 0 Å². The molecule has 35 heavy (non-hydrogen) atoms. The molecule has 182 valence electrons. The van der Waals surface area contributed by atoms with Gasteiger partial charge in [0.1, 0.15) is 0 Å². The average molecular weight is 514 g/mol. The van der Waals surface area contributed by atoms with Gasteiger partial charge in [-0.1, -0.05) is 41.4 Å². The van der Waals surface area contributed by atoms with Gasteiger partial charge in [-0.25, -0.2) is 8.42 Å². The smallest absolute Gasteiger partial charge is 0.261 e. The maximum atomic E-state index is 12.9. The average Bonchev–Trinajstić information content (AvgIpc) is 2.86. The number of amides is 2. The van der Waals surface area contributed by atoms with E-state index in [4.69, 9.17) is 16.3 Å². The zero-order valence-electron chi connectivity index (χ0n) is 19.0. The van der Waals surface area contributed by atoms with Crippen molar-refractivity contribution in [1.82, 2.24) is 4.90 Å². The van der Waals surface area contributed by atoms with E-state index < -0.39 is 15.9 Å². The number of hydrogen-bond donors (Lipinski definition) is 2. The maximum Gasteiger partial charge on any atom is 0.261 e. The van der Waals surface area contributed by atoms with Crippen molar-refractivity contribution >= 4 is 44.8 Å². The summed E-state index contributed by atoms with van der Waals surface area (Å²) in [6.45, 7) is 3.77. The number of carbonyl (C=O) groups is 2. The molecule has 3 aromatic rings. The number of benzene rings is 3. The molecule has 4 rings (SSSR count). The van der Waals surface area contributed by atoms with Gasteiger partial charge < -0.3 is 15.0 Å². The predicted molar refractivity (Wildman–Crippen MR) is 135 cm³/mol. The molecule has 0 bridgehead atoms. The van der Waals surface area contributed by atoms with Gasteiger partial charge in [0.15, 0.2) is 0 Å². The Bertz CT molecular complexity index is 1350. The van der Waals surface area contributed by atoms with Crippen molar-refractivity contribution in [3.05, 3.63) is 88.4 Å². The second-order valence-electron chi connectivity index (χ2n) is 8.02. The lowest BCUT2D eigenvalue weighted by Crippen LogP contribution is -2.41. The summed E-state index contributed by atoms with van der Waals surface area (Å²) in [5.41, 5.74) is 2.03. The van der Waals surface area contributed by atoms with Gasteiger partial charge in [-0.05, 0) is 49.4 Å². The van der Waals surface area contributed by atoms with Crippen LogP contribution in [0.15, 0.2) is 71.6 Å². The Balaban J connectivity index is 1.50. The van der Waals surface area contributed by atoms with E-state index >= 15 is 0 Å². The van der Waals surface area contributed by atoms with E-state index in [9.17, 15) is 18.0 Å². The van der Waals surface area contributed by atoms with E-state index in [1.165, 1.54) is 30.3 Å². The third-order valence-electron chi connectivity index (χ3n) is 5.51. The molecule has 8 nitrogen and oxygen atoms in total. The van der Waals surface area contributed by atoms with Gasteiger partial charge in [-0.3, -0.25) is 14.3 Å². The number of carbonyl (C=O) groups excluding carboxylic acids is 2. The second kappa shape index (κ2) is 10.5. The van der Waals surface area contributed by atoms with Gasteiger partial charge in [0.05, 0.1) is 40.1 Å². The van der Waals surface area contributed by atoms with Gasteiger partial charge in [0, 0.05) is 18.7 Å². The van der Waals surface area contributed by atoms with E-state index in [0.717, 1.165) is 5.56 Å². The summed E-state index contributed by atoms with van der Waals surface area (Å²) < 4.78 is 33.1. The molecule has 1 aliphatic heterocycles. The van der Waals surface area contributed by atoms with Crippen LogP contribution < -0.4 is 10.0 Å². The summed E-state index contributed by atoms with van der Waals surface area (Å²) in [6, 6.07) is 17.4. The highest BCUT2D eigenvalue weighted by atomic mass is 35.5. The van der Waals surface area contributed by atoms with Crippen molar-refractivity contribution in [3.63, 3.8) is 0 Å². The standard InChI is InChI=1S/C25H24ClN3O5S/c1-17-6-9-19(10-7-17)35(32,33)28-23-11-8-18(16-21(23)26)24(30)27-22-5-3-2-4-20(22)25(31)29-12-14-34-15-13-29/h2-11,16,28H,12-15H2,1H3,(H,27,30). The molecule has 10 heteroatoms. The number of para-hydroxylation sites is 1. The summed E-state index contributed by atoms with van der Waals surface area (Å²) in [6.07, 6.45) is 0. The summed E-state index contributed by atoms with van der Waals surface area (Å²) in [7, 11) is -3.85. The highest BCUT2D eigenvalue weighted by Gasteiger charge is 2.22. The third-order valence-corrected chi connectivity index (χ3v) is 7.20. The van der Waals surface area contributed by atoms with Crippen molar-refractivity contribution < 1.29 is 22.7 Å². The SMILES string of the molecule is Cc1ccc(S(=O)(=O)Nc2ccc(C(=O)Nc3ccccc3C(=O)N3CCOCC3)cc2Cl)cc1. The first kappa shape index (κ1) is 24.7. The second-order valence-corrected chi connectivity index (χ2v) is 10.1. The quantitative estimate of drug-likeness (QED) is 0.514. The molecule has 0 spiro atoms. The van der Waals surface area contributed by atoms with Crippen molar-refractivity contribution in [2.45, 2.75) is 11.8 Å². The molecule has 0 saturated carbocycles. The van der Waals surface area contributed by atoms with E-state index in [-0.39, 0.29) is 27.1 Å². The Hall–Kier alpha value is -3.40. The van der Waals surface area contributed by atoms with Crippen LogP contribution in [-0.4, -0.2) is 51.4 Å². The number of halogens is 1. The first-order valence-corrected chi connectivity index (χ1v) is 12.8. The number of ether oxygens (including phenoxy) is 1. The van der Waals surface area contributed by atoms with E-state index in [0.29, 0.717) is 37.6 Å². The van der Waals surface area contributed by atoms with E-state index in [2.05, 4.69) is 10.0 Å². The largest absolute Gasteiger partial charge is 0.378 e. The lowest BCUT2D eigenvalue weighted by Gasteiger charge is -2.27. The Morgan fingerprint density at radius 1 is 0.943 bits per heavy atom. The number of aryl methyl sites for hydroxylation is 1. The Kier molecular flexibility index (Phi) is 7.39. The Morgan fingerprint density at radius 2 is 1.63 bits per heavy atom. The minimum absolute atomic E-state index is 0.0611. The molecule has 0 unspecified atom stereocenters. The zero-order valence-corrected chi connectivity index (χ0v) is 20.5. The molecule has 3 aromatic carbocycles. The predicted octanol–water partition coefficient (Wildman–Crippen LogP) is 4.17. The number of anilines is 2. The number of hydrogen-bond acceptors (Lipinski definition) is 5. The molecule has 1 aliphatic rings. The van der Waals surface area contributed by atoms with Gasteiger partial charge in [0.2, 0.25) is 0 Å². The fraction of sp³-hybridized carbons (Fsp3) is 0.200. The van der Waals surface area contributed by atoms with Gasteiger partial charge in [-0.15, -0.1) is 0 Å². The fourth-order valence-electron chi connectivity index (χ4n) is 3.57. The van der Waals surface area contributed by atoms with E-state index in [1.807, 2.05) is 6.92 Å². The first-order valence-electron chi connectivity index (χ1n) is 10.9. The van der Waals surface area contributed by atoms with Crippen molar-refractivity contribution in [2.75, 3.05) is 36.3 Å². The molecule has 0 atom stereocenters. The highest BCUT2D eigenvalue weighted by Crippen LogP contribution is 2.27. The summed E-state index contributed by atoms with van der Waals surface area (Å²) in [4.78, 5) is 27.6. The van der Waals surface area contributed by atoms with Crippen LogP contribution >= 0.6 is 11.6 Å². The van der Waals surface area contributed by atoms with Gasteiger partial charge >= 0.3 is 0 Å². The van der Waals surface area contributed by atoms with Crippen LogP contribution in [0.3, 0.4) is 0 Å². The lowest BCUT2D eigenvalue weighted by molar-refractivity contribution is 0.0303. The van der Waals surface area contributed by atoms with Crippen LogP contribution in [-0.2, 0) is 14.8 Å². The van der Waals surface area contributed by atoms with Crippen molar-refractivity contribution in [2.24, 2.45) is 0 Å². The molecular formula is C25H24ClN3O5S. The summed E-state index contributed by atoms with van der Waals surface area (Å²) in [5.74, 6) is -0.676. The monoisotopic (exact) mass is 513 g/mol. The Morgan fingerprint density at radius 3 is 2.31 bits per heavy atom. The number of sulfonamides is 1. The van der Waals surface area contributed by atoms with E-state index in [1.54, 1.807) is 41.3 Å². The molecule has 2 amide bonds. The zero-order chi connectivity index (χ0) is 25.0. The molecule has 0 aromatic heterocycles. The minimum atomic E-state index is -3.85. The minimum Gasteiger partial charge on any atom is -0.378 e. The van der Waals surface area contributed by atoms with Crippen LogP contribution in [0.1, 0.15) is 26.3 Å². The molecule has 1 saturated heterocycles. The molecule has 1 fully saturated rings.